The molecule has 0 fully saturated rings. The molecule has 3 aromatic rings. The molecular formula is C14H8F2N2O5S. The van der Waals surface area contributed by atoms with Crippen LogP contribution in [0.4, 0.5) is 8.78 Å². The van der Waals surface area contributed by atoms with E-state index in [2.05, 4.69) is 4.98 Å². The molecule has 0 unspecified atom stereocenters. The summed E-state index contributed by atoms with van der Waals surface area (Å²) < 4.78 is 55.1. The van der Waals surface area contributed by atoms with Gasteiger partial charge >= 0.3 is 15.8 Å². The maximum Gasteiger partial charge on any atom is 0.339 e. The van der Waals surface area contributed by atoms with Crippen LogP contribution in [0.3, 0.4) is 0 Å². The third-order valence-corrected chi connectivity index (χ3v) is 4.34. The third kappa shape index (κ3) is 2.91. The lowest BCUT2D eigenvalue weighted by Crippen LogP contribution is -2.22. The Morgan fingerprint density at radius 2 is 1.67 bits per heavy atom. The van der Waals surface area contributed by atoms with Crippen LogP contribution in [-0.4, -0.2) is 18.4 Å². The molecule has 0 amide bonds. The number of halogens is 2. The van der Waals surface area contributed by atoms with Crippen LogP contribution >= 0.6 is 0 Å². The predicted molar refractivity (Wildman–Crippen MR) is 79.4 cm³/mol. The van der Waals surface area contributed by atoms with Crippen LogP contribution in [0.15, 0.2) is 50.9 Å². The van der Waals surface area contributed by atoms with Gasteiger partial charge < -0.3 is 9.17 Å². The topological polar surface area (TPSA) is 109 Å². The first-order chi connectivity index (χ1) is 11.3. The number of H-pyrrole nitrogens is 2. The van der Waals surface area contributed by atoms with Gasteiger partial charge in [0.15, 0.2) is 11.6 Å². The van der Waals surface area contributed by atoms with Crippen LogP contribution in [0, 0.1) is 11.6 Å². The molecule has 0 aliphatic carbocycles. The summed E-state index contributed by atoms with van der Waals surface area (Å²) in [5, 5.41) is -0.0791. The molecule has 24 heavy (non-hydrogen) atoms. The molecule has 0 atom stereocenters. The third-order valence-electron chi connectivity index (χ3n) is 3.10. The van der Waals surface area contributed by atoms with Gasteiger partial charge in [-0.2, -0.15) is 8.42 Å². The summed E-state index contributed by atoms with van der Waals surface area (Å²) in [7, 11) is -4.40. The van der Waals surface area contributed by atoms with E-state index in [1.54, 1.807) is 0 Å². The second-order valence-electron chi connectivity index (χ2n) is 4.73. The average Bonchev–Trinajstić information content (AvgIpc) is 2.50. The minimum atomic E-state index is -4.40. The van der Waals surface area contributed by atoms with Gasteiger partial charge in [0.2, 0.25) is 0 Å². The molecule has 7 nitrogen and oxygen atoms in total. The summed E-state index contributed by atoms with van der Waals surface area (Å²) in [5.74, 6) is -2.85. The lowest BCUT2D eigenvalue weighted by molar-refractivity contribution is 0.472. The van der Waals surface area contributed by atoms with Gasteiger partial charge in [0.05, 0.1) is 10.9 Å². The Kier molecular flexibility index (Phi) is 3.68. The molecule has 3 rings (SSSR count). The first kappa shape index (κ1) is 15.9. The number of aromatic nitrogens is 2. The molecule has 0 radical (unpaired) electrons. The zero-order chi connectivity index (χ0) is 17.5. The van der Waals surface area contributed by atoms with Crippen molar-refractivity contribution in [2.45, 2.75) is 4.90 Å². The predicted octanol–water partition coefficient (Wildman–Crippen LogP) is 1.26. The highest BCUT2D eigenvalue weighted by molar-refractivity contribution is 7.87. The fourth-order valence-electron chi connectivity index (χ4n) is 2.00. The van der Waals surface area contributed by atoms with Crippen molar-refractivity contribution in [3.8, 4) is 5.75 Å². The second-order valence-corrected chi connectivity index (χ2v) is 6.28. The Balaban J connectivity index is 2.06. The van der Waals surface area contributed by atoms with E-state index < -0.39 is 43.6 Å². The standard InChI is InChI=1S/C14H8F2N2O5S/c15-10-3-1-7(5-11(10)16)23-24(21,22)8-2-4-12-9(6-8)13(19)18-14(20)17-12/h1-6H,(H2,17,18,19,20). The van der Waals surface area contributed by atoms with Crippen molar-refractivity contribution in [3.63, 3.8) is 0 Å². The number of fused-ring (bicyclic) bond motifs is 1. The lowest BCUT2D eigenvalue weighted by Gasteiger charge is -2.08. The highest BCUT2D eigenvalue weighted by atomic mass is 32.2. The molecule has 124 valence electrons. The van der Waals surface area contributed by atoms with Crippen LogP contribution in [-0.2, 0) is 10.1 Å². The van der Waals surface area contributed by atoms with Crippen LogP contribution in [0.5, 0.6) is 5.75 Å². The van der Waals surface area contributed by atoms with Crippen molar-refractivity contribution in [1.29, 1.82) is 0 Å². The van der Waals surface area contributed by atoms with E-state index in [0.29, 0.717) is 6.07 Å². The van der Waals surface area contributed by atoms with Gasteiger partial charge in [0.1, 0.15) is 10.6 Å². The van der Waals surface area contributed by atoms with Gasteiger partial charge in [-0.05, 0) is 30.3 Å². The Labute approximate surface area is 132 Å². The fourth-order valence-corrected chi connectivity index (χ4v) is 2.95. The molecule has 0 saturated carbocycles. The monoisotopic (exact) mass is 354 g/mol. The van der Waals surface area contributed by atoms with E-state index >= 15 is 0 Å². The fraction of sp³-hybridized carbons (Fsp3) is 0. The van der Waals surface area contributed by atoms with Gasteiger partial charge in [-0.3, -0.25) is 9.78 Å². The van der Waals surface area contributed by atoms with Crippen molar-refractivity contribution in [2.75, 3.05) is 0 Å². The minimum Gasteiger partial charge on any atom is -0.379 e. The van der Waals surface area contributed by atoms with Gasteiger partial charge in [0, 0.05) is 6.07 Å². The summed E-state index contributed by atoms with van der Waals surface area (Å²) in [5.41, 5.74) is -1.38. The van der Waals surface area contributed by atoms with Gasteiger partial charge in [-0.25, -0.2) is 13.6 Å². The Morgan fingerprint density at radius 3 is 2.38 bits per heavy atom. The Bertz CT molecular complexity index is 1170. The highest BCUT2D eigenvalue weighted by Crippen LogP contribution is 2.22. The number of aromatic amines is 2. The lowest BCUT2D eigenvalue weighted by atomic mass is 10.2. The van der Waals surface area contributed by atoms with Crippen LogP contribution in [0.2, 0.25) is 0 Å². The van der Waals surface area contributed by atoms with E-state index in [0.717, 1.165) is 24.3 Å². The maximum absolute atomic E-state index is 13.1. The molecule has 1 aromatic heterocycles. The van der Waals surface area contributed by atoms with E-state index in [4.69, 9.17) is 4.18 Å². The Hall–Kier alpha value is -3.01. The number of benzene rings is 2. The number of hydrogen-bond acceptors (Lipinski definition) is 5. The number of nitrogens with one attached hydrogen (secondary N) is 2. The summed E-state index contributed by atoms with van der Waals surface area (Å²) in [6, 6.07) is 5.56. The van der Waals surface area contributed by atoms with E-state index in [-0.39, 0.29) is 10.9 Å². The van der Waals surface area contributed by atoms with Crippen molar-refractivity contribution >= 4 is 21.0 Å². The minimum absolute atomic E-state index is 0.0791. The zero-order valence-corrected chi connectivity index (χ0v) is 12.5. The smallest absolute Gasteiger partial charge is 0.339 e. The number of rotatable bonds is 3. The maximum atomic E-state index is 13.1. The van der Waals surface area contributed by atoms with Crippen LogP contribution in [0.1, 0.15) is 0 Å². The van der Waals surface area contributed by atoms with Gasteiger partial charge in [-0.1, -0.05) is 0 Å². The molecular weight excluding hydrogens is 346 g/mol. The molecule has 2 N–H and O–H groups in total. The molecule has 0 spiro atoms. The van der Waals surface area contributed by atoms with E-state index in [1.165, 1.54) is 6.07 Å². The van der Waals surface area contributed by atoms with Crippen molar-refractivity contribution in [2.24, 2.45) is 0 Å². The van der Waals surface area contributed by atoms with Crippen molar-refractivity contribution in [1.82, 2.24) is 9.97 Å². The van der Waals surface area contributed by atoms with Gasteiger partial charge in [0.25, 0.3) is 5.56 Å². The van der Waals surface area contributed by atoms with E-state index in [9.17, 15) is 26.8 Å². The average molecular weight is 354 g/mol. The summed E-state index contributed by atoms with van der Waals surface area (Å²) in [6.45, 7) is 0. The SMILES string of the molecule is O=c1[nH]c(=O)c2cc(S(=O)(=O)Oc3ccc(F)c(F)c3)ccc2[nH]1. The van der Waals surface area contributed by atoms with Crippen molar-refractivity contribution < 1.29 is 21.4 Å². The number of hydrogen-bond donors (Lipinski definition) is 2. The van der Waals surface area contributed by atoms with Gasteiger partial charge in [-0.15, -0.1) is 0 Å². The summed E-state index contributed by atoms with van der Waals surface area (Å²) >= 11 is 0. The zero-order valence-electron chi connectivity index (χ0n) is 11.7. The quantitative estimate of drug-likeness (QED) is 0.688. The molecule has 0 bridgehead atoms. The van der Waals surface area contributed by atoms with E-state index in [1.807, 2.05) is 4.98 Å². The normalized spacial score (nSPS) is 11.6. The molecule has 0 aliphatic rings. The highest BCUT2D eigenvalue weighted by Gasteiger charge is 2.19. The Morgan fingerprint density at radius 1 is 0.917 bits per heavy atom. The summed E-state index contributed by atoms with van der Waals surface area (Å²) in [6.07, 6.45) is 0. The first-order valence-corrected chi connectivity index (χ1v) is 7.83. The summed E-state index contributed by atoms with van der Waals surface area (Å²) in [4.78, 5) is 26.8. The molecule has 2 aromatic carbocycles. The van der Waals surface area contributed by atoms with Crippen LogP contribution in [0.25, 0.3) is 10.9 Å². The molecule has 0 aliphatic heterocycles. The second kappa shape index (κ2) is 5.57. The molecule has 0 saturated heterocycles. The molecule has 10 heteroatoms. The largest absolute Gasteiger partial charge is 0.379 e. The first-order valence-electron chi connectivity index (χ1n) is 6.42. The van der Waals surface area contributed by atoms with Crippen LogP contribution < -0.4 is 15.4 Å². The molecule has 1 heterocycles. The van der Waals surface area contributed by atoms with Crippen molar-refractivity contribution in [3.05, 3.63) is 68.9 Å².